The van der Waals surface area contributed by atoms with E-state index in [0.29, 0.717) is 11.1 Å². The Labute approximate surface area is 376 Å². The number of amides is 5. The highest BCUT2D eigenvalue weighted by molar-refractivity contribution is 8.00. The van der Waals surface area contributed by atoms with Gasteiger partial charge < -0.3 is 51.6 Å². The zero-order chi connectivity index (χ0) is 47.3. The number of fused-ring (bicyclic) bond motifs is 1. The molecule has 0 saturated carbocycles. The number of thioether (sulfide) groups is 1. The lowest BCUT2D eigenvalue weighted by Gasteiger charge is -2.49. The number of oxime groups is 1. The summed E-state index contributed by atoms with van der Waals surface area (Å²) in [7, 11) is 1.63. The molecule has 0 aliphatic carbocycles. The summed E-state index contributed by atoms with van der Waals surface area (Å²) in [6.07, 6.45) is 0.908. The molecule has 0 bridgehead atoms. The van der Waals surface area contributed by atoms with Crippen LogP contribution in [-0.2, 0) is 58.4 Å². The smallest absolute Gasteiger partial charge is 0.407 e. The van der Waals surface area contributed by atoms with Gasteiger partial charge >= 0.3 is 24.1 Å². The van der Waals surface area contributed by atoms with Gasteiger partial charge in [-0.1, -0.05) is 29.4 Å². The van der Waals surface area contributed by atoms with Crippen LogP contribution in [0, 0.1) is 0 Å². The molecule has 346 valence electrons. The van der Waals surface area contributed by atoms with Gasteiger partial charge in [-0.15, -0.1) is 26.9 Å². The molecule has 25 heteroatoms. The normalized spacial score (nSPS) is 16.5. The van der Waals surface area contributed by atoms with Gasteiger partial charge in [-0.05, 0) is 61.0 Å². The number of aromatic nitrogens is 4. The number of β-lactam (4-membered cyclic amide) rings is 1. The summed E-state index contributed by atoms with van der Waals surface area (Å²) >= 11 is 2.03. The Morgan fingerprint density at radius 2 is 1.64 bits per heavy atom. The van der Waals surface area contributed by atoms with Crippen molar-refractivity contribution in [2.45, 2.75) is 96.8 Å². The number of urea groups is 1. The molecular formula is C39H52N12O11S2. The molecule has 0 unspecified atom stereocenters. The Morgan fingerprint density at radius 1 is 0.984 bits per heavy atom. The molecule has 5 amide bonds. The molecule has 2 aromatic heterocycles. The first kappa shape index (κ1) is 48.4. The third kappa shape index (κ3) is 12.3. The molecule has 5 rings (SSSR count). The van der Waals surface area contributed by atoms with Crippen LogP contribution in [-0.4, -0.2) is 108 Å². The Balaban J connectivity index is 1.35. The fraction of sp³-hybridized carbons (Fsp3) is 0.487. The average molecular weight is 929 g/mol. The van der Waals surface area contributed by atoms with Crippen LogP contribution < -0.4 is 42.5 Å². The molecule has 0 radical (unpaired) electrons. The topological polar surface area (TPSA) is 313 Å². The fourth-order valence-corrected chi connectivity index (χ4v) is 7.57. The Hall–Kier alpha value is -6.63. The second-order valence-corrected chi connectivity index (χ2v) is 18.8. The fourth-order valence-electron chi connectivity index (χ4n) is 5.80. The van der Waals surface area contributed by atoms with E-state index in [1.165, 1.54) is 65.7 Å². The van der Waals surface area contributed by atoms with E-state index in [-0.39, 0.29) is 65.9 Å². The lowest BCUT2D eigenvalue weighted by molar-refractivity contribution is -0.765. The number of hydrogen-bond donors (Lipinski definition) is 6. The van der Waals surface area contributed by atoms with Crippen LogP contribution in [0.4, 0.5) is 26.2 Å². The van der Waals surface area contributed by atoms with E-state index in [2.05, 4.69) is 35.8 Å². The Morgan fingerprint density at radius 3 is 2.27 bits per heavy atom. The lowest BCUT2D eigenvalue weighted by atomic mass is 10.0. The first-order valence-electron chi connectivity index (χ1n) is 19.7. The molecular weight excluding hydrogens is 877 g/mol. The van der Waals surface area contributed by atoms with Crippen LogP contribution in [0.5, 0.6) is 5.75 Å². The van der Waals surface area contributed by atoms with Gasteiger partial charge in [0, 0.05) is 35.9 Å². The minimum absolute atomic E-state index is 0.00184. The van der Waals surface area contributed by atoms with Gasteiger partial charge in [-0.2, -0.15) is 9.36 Å². The number of carbonyl (C=O) groups is 6. The number of alkyl carbamates (subject to hydrolysis) is 1. The molecule has 1 saturated heterocycles. The van der Waals surface area contributed by atoms with Crippen molar-refractivity contribution in [3.05, 3.63) is 53.1 Å². The summed E-state index contributed by atoms with van der Waals surface area (Å²) in [5, 5.41) is 25.3. The molecule has 3 aromatic rings. The summed E-state index contributed by atoms with van der Waals surface area (Å²) < 4.78 is 23.5. The lowest BCUT2D eigenvalue weighted by Crippen LogP contribution is -2.71. The van der Waals surface area contributed by atoms with E-state index in [4.69, 9.17) is 30.5 Å². The summed E-state index contributed by atoms with van der Waals surface area (Å²) in [4.78, 5) is 90.2. The van der Waals surface area contributed by atoms with Gasteiger partial charge in [0.2, 0.25) is 23.3 Å². The van der Waals surface area contributed by atoms with Crippen molar-refractivity contribution in [3.63, 3.8) is 0 Å². The number of nitrogens with one attached hydrogen (secondary N) is 4. The number of carbonyl (C=O) groups excluding carboxylic acids is 6. The average Bonchev–Trinajstić information content (AvgIpc) is 3.74. The van der Waals surface area contributed by atoms with Crippen LogP contribution in [0.3, 0.4) is 0 Å². The molecule has 8 N–H and O–H groups in total. The van der Waals surface area contributed by atoms with Crippen LogP contribution in [0.1, 0.15) is 66.8 Å². The summed E-state index contributed by atoms with van der Waals surface area (Å²) in [6, 6.07) is 3.88. The van der Waals surface area contributed by atoms with Crippen molar-refractivity contribution in [2.24, 2.45) is 12.2 Å². The number of rotatable bonds is 15. The van der Waals surface area contributed by atoms with Gasteiger partial charge in [-0.3, -0.25) is 19.8 Å². The second-order valence-electron chi connectivity index (χ2n) is 16.9. The third-order valence-electron chi connectivity index (χ3n) is 8.91. The van der Waals surface area contributed by atoms with Crippen LogP contribution in [0.25, 0.3) is 0 Å². The predicted molar refractivity (Wildman–Crippen MR) is 231 cm³/mol. The largest absolute Gasteiger partial charge is 0.872 e. The maximum Gasteiger partial charge on any atom is 0.407 e. The number of esters is 2. The highest BCUT2D eigenvalue weighted by atomic mass is 32.2. The summed E-state index contributed by atoms with van der Waals surface area (Å²) in [5.41, 5.74) is 9.59. The minimum Gasteiger partial charge on any atom is -0.872 e. The van der Waals surface area contributed by atoms with E-state index in [9.17, 15) is 33.9 Å². The van der Waals surface area contributed by atoms with Gasteiger partial charge in [0.25, 0.3) is 11.8 Å². The number of anilines is 3. The monoisotopic (exact) mass is 928 g/mol. The number of ether oxygens (including phenoxy) is 3. The molecule has 64 heavy (non-hydrogen) atoms. The summed E-state index contributed by atoms with van der Waals surface area (Å²) in [6.45, 7) is 13.0. The van der Waals surface area contributed by atoms with E-state index in [0.717, 1.165) is 11.5 Å². The number of nitrogen functional groups attached to an aromatic ring is 2. The molecule has 2 aliphatic heterocycles. The van der Waals surface area contributed by atoms with Crippen molar-refractivity contribution in [1.82, 2.24) is 34.9 Å². The van der Waals surface area contributed by atoms with Gasteiger partial charge in [0.15, 0.2) is 23.2 Å². The number of hydrogen-bond acceptors (Lipinski definition) is 18. The van der Waals surface area contributed by atoms with Crippen molar-refractivity contribution in [2.75, 3.05) is 35.6 Å². The first-order chi connectivity index (χ1) is 29.8. The highest BCUT2D eigenvalue weighted by Crippen LogP contribution is 2.41. The second kappa shape index (κ2) is 19.4. The molecule has 1 aromatic carbocycles. The minimum atomic E-state index is -1.66. The molecule has 2 aliphatic rings. The predicted octanol–water partition coefficient (Wildman–Crippen LogP) is 0.987. The first-order valence-corrected chi connectivity index (χ1v) is 21.5. The van der Waals surface area contributed by atoms with Crippen molar-refractivity contribution < 1.29 is 57.6 Å². The third-order valence-corrected chi connectivity index (χ3v) is 10.8. The van der Waals surface area contributed by atoms with Gasteiger partial charge in [0.1, 0.15) is 34.9 Å². The zero-order valence-electron chi connectivity index (χ0n) is 36.7. The molecule has 2 atom stereocenters. The molecule has 4 heterocycles. The van der Waals surface area contributed by atoms with Crippen molar-refractivity contribution in [3.8, 4) is 5.75 Å². The van der Waals surface area contributed by atoms with Gasteiger partial charge in [-0.25, -0.2) is 19.2 Å². The Bertz CT molecular complexity index is 2350. The number of benzene rings is 1. The van der Waals surface area contributed by atoms with Crippen LogP contribution in [0.2, 0.25) is 0 Å². The Kier molecular flexibility index (Phi) is 14.7. The van der Waals surface area contributed by atoms with Crippen molar-refractivity contribution >= 4 is 81.5 Å². The number of nitrogens with zero attached hydrogens (tertiary/aromatic N) is 6. The molecule has 1 fully saturated rings. The zero-order valence-corrected chi connectivity index (χ0v) is 38.4. The molecule has 23 nitrogen and oxygen atoms in total. The quantitative estimate of drug-likeness (QED) is 0.0235. The number of nitrogens with two attached hydrogens (primary N) is 2. The SMILES string of the molecule is Cn1c(N)c(NC(=O)NCCNC(=O)OC(C)(C)C)c[n+]1CC1=C(C(=O)OCc2ccc([O-])cc2)N2C(=O)[C@@H](NC(=O)/C(=N/OC(C)(C)C(=O)OC(C)(C)C)c3nsc(N)n3)[C@H]2SC1. The van der Waals surface area contributed by atoms with E-state index < -0.39 is 69.8 Å². The van der Waals surface area contributed by atoms with E-state index in [1.54, 1.807) is 53.3 Å². The maximum absolute atomic E-state index is 14.0. The molecule has 0 spiro atoms. The van der Waals surface area contributed by atoms with Crippen LogP contribution >= 0.6 is 23.3 Å². The highest BCUT2D eigenvalue weighted by Gasteiger charge is 2.55. The van der Waals surface area contributed by atoms with E-state index in [1.807, 2.05) is 0 Å². The van der Waals surface area contributed by atoms with Crippen molar-refractivity contribution in [1.29, 1.82) is 0 Å². The summed E-state index contributed by atoms with van der Waals surface area (Å²) in [5.74, 6) is -3.35. The standard InChI is InChI=1S/C39H52N12O11S2/c1-37(2,3)60-33(56)39(7,8)62-47-24(28-46-34(41)64-48-28)29(53)45-25-30(54)51-26(32(55)59-18-20-10-12-22(52)13-11-20)21(19-63-31(25)51)16-50-17-23(27(40)49(50)9)44-35(57)42-14-15-43-36(58)61-38(4,5)6/h10-13,17,25,31,40H,14-16,18-19H2,1-9H3,(H7,41,42,43,44,45,46,48,52,53,57,58)/b47-24+/t25-,31-/m1/s1. The maximum atomic E-state index is 14.0. The van der Waals surface area contributed by atoms with Gasteiger partial charge in [0.05, 0.1) is 7.05 Å². The van der Waals surface area contributed by atoms with E-state index >= 15 is 0 Å². The van der Waals surface area contributed by atoms with Crippen LogP contribution in [0.15, 0.2) is 46.9 Å².